The lowest BCUT2D eigenvalue weighted by atomic mass is 10.2. The zero-order valence-corrected chi connectivity index (χ0v) is 13.0. The first-order valence-electron chi connectivity index (χ1n) is 7.50. The van der Waals surface area contributed by atoms with Crippen molar-refractivity contribution < 1.29 is 14.6 Å². The van der Waals surface area contributed by atoms with E-state index in [2.05, 4.69) is 15.1 Å². The predicted molar refractivity (Wildman–Crippen MR) is 88.8 cm³/mol. The number of fused-ring (bicyclic) bond motifs is 1. The minimum absolute atomic E-state index is 0.411. The number of hydrogen-bond acceptors (Lipinski definition) is 5. The van der Waals surface area contributed by atoms with Crippen molar-refractivity contribution in [3.63, 3.8) is 0 Å². The molecular formula is C17H13N5O3. The van der Waals surface area contributed by atoms with Crippen LogP contribution in [-0.2, 0) is 6.54 Å². The minimum atomic E-state index is -1.03. The lowest BCUT2D eigenvalue weighted by Gasteiger charge is -2.07. The normalized spacial score (nSPS) is 10.9. The number of hydrogen-bond donors (Lipinski definition) is 1. The Kier molecular flexibility index (Phi) is 3.62. The highest BCUT2D eigenvalue weighted by Gasteiger charge is 2.09. The fourth-order valence-corrected chi connectivity index (χ4v) is 2.55. The van der Waals surface area contributed by atoms with Gasteiger partial charge in [0.25, 0.3) is 0 Å². The molecule has 8 nitrogen and oxygen atoms in total. The van der Waals surface area contributed by atoms with Gasteiger partial charge in [-0.3, -0.25) is 9.25 Å². The SMILES string of the molecule is O=C(O)n1ccc2cc(Oc3cc(Cn4cccn4)ncn3)ccc21. The molecule has 1 aromatic carbocycles. The van der Waals surface area contributed by atoms with Crippen molar-refractivity contribution in [2.45, 2.75) is 6.54 Å². The zero-order valence-electron chi connectivity index (χ0n) is 13.0. The largest absolute Gasteiger partial charge is 0.464 e. The fraction of sp³-hybridized carbons (Fsp3) is 0.0588. The molecule has 0 radical (unpaired) electrons. The van der Waals surface area contributed by atoms with E-state index in [1.165, 1.54) is 12.5 Å². The maximum absolute atomic E-state index is 11.1. The molecule has 4 aromatic rings. The zero-order chi connectivity index (χ0) is 17.2. The summed E-state index contributed by atoms with van der Waals surface area (Å²) >= 11 is 0. The number of rotatable bonds is 4. The maximum Gasteiger partial charge on any atom is 0.415 e. The van der Waals surface area contributed by atoms with Crippen molar-refractivity contribution >= 4 is 17.0 Å². The van der Waals surface area contributed by atoms with Gasteiger partial charge in [-0.1, -0.05) is 0 Å². The Balaban J connectivity index is 1.57. The lowest BCUT2D eigenvalue weighted by Crippen LogP contribution is -2.05. The molecule has 124 valence electrons. The Labute approximate surface area is 141 Å². The second-order valence-electron chi connectivity index (χ2n) is 5.34. The number of nitrogens with zero attached hydrogens (tertiary/aromatic N) is 5. The number of ether oxygens (including phenoxy) is 1. The van der Waals surface area contributed by atoms with Crippen LogP contribution >= 0.6 is 0 Å². The van der Waals surface area contributed by atoms with Crippen LogP contribution in [0.25, 0.3) is 10.9 Å². The molecule has 0 aliphatic heterocycles. The third kappa shape index (κ3) is 3.05. The number of benzene rings is 1. The Bertz CT molecular complexity index is 1040. The quantitative estimate of drug-likeness (QED) is 0.616. The average molecular weight is 335 g/mol. The van der Waals surface area contributed by atoms with Crippen LogP contribution in [0.4, 0.5) is 4.79 Å². The number of carbonyl (C=O) groups is 1. The van der Waals surface area contributed by atoms with Crippen molar-refractivity contribution in [1.29, 1.82) is 0 Å². The number of aromatic nitrogens is 5. The molecule has 3 aromatic heterocycles. The van der Waals surface area contributed by atoms with Gasteiger partial charge in [0.05, 0.1) is 17.8 Å². The predicted octanol–water partition coefficient (Wildman–Crippen LogP) is 2.99. The molecule has 0 fully saturated rings. The summed E-state index contributed by atoms with van der Waals surface area (Å²) in [5.74, 6) is 0.980. The summed E-state index contributed by atoms with van der Waals surface area (Å²) in [6.45, 7) is 0.520. The van der Waals surface area contributed by atoms with Crippen molar-refractivity contribution in [2.24, 2.45) is 0 Å². The van der Waals surface area contributed by atoms with Crippen LogP contribution in [0.15, 0.2) is 61.3 Å². The van der Waals surface area contributed by atoms with Gasteiger partial charge in [0.2, 0.25) is 5.88 Å². The van der Waals surface area contributed by atoms with Gasteiger partial charge in [-0.25, -0.2) is 14.8 Å². The van der Waals surface area contributed by atoms with Gasteiger partial charge in [0.1, 0.15) is 12.1 Å². The summed E-state index contributed by atoms with van der Waals surface area (Å²) in [6.07, 6.45) is 5.47. The first kappa shape index (κ1) is 14.9. The first-order chi connectivity index (χ1) is 12.2. The van der Waals surface area contributed by atoms with Crippen molar-refractivity contribution in [3.8, 4) is 11.6 Å². The standard InChI is InChI=1S/C17H13N5O3/c23-17(24)22-7-4-12-8-14(2-3-15(12)22)25-16-9-13(18-11-19-16)10-21-6-1-5-20-21/h1-9,11H,10H2,(H,23,24). The second-order valence-corrected chi connectivity index (χ2v) is 5.34. The van der Waals surface area contributed by atoms with E-state index >= 15 is 0 Å². The summed E-state index contributed by atoms with van der Waals surface area (Å²) in [6, 6.07) is 10.5. The van der Waals surface area contributed by atoms with E-state index in [9.17, 15) is 4.79 Å². The minimum Gasteiger partial charge on any atom is -0.464 e. The summed E-state index contributed by atoms with van der Waals surface area (Å²) in [4.78, 5) is 19.5. The fourth-order valence-electron chi connectivity index (χ4n) is 2.55. The van der Waals surface area contributed by atoms with Crippen molar-refractivity contribution in [3.05, 3.63) is 67.0 Å². The van der Waals surface area contributed by atoms with Gasteiger partial charge >= 0.3 is 6.09 Å². The van der Waals surface area contributed by atoms with Crippen LogP contribution in [0.3, 0.4) is 0 Å². The molecule has 25 heavy (non-hydrogen) atoms. The highest BCUT2D eigenvalue weighted by Crippen LogP contribution is 2.25. The smallest absolute Gasteiger partial charge is 0.415 e. The third-order valence-corrected chi connectivity index (χ3v) is 3.67. The van der Waals surface area contributed by atoms with E-state index in [0.29, 0.717) is 23.7 Å². The number of carboxylic acid groups (broad SMARTS) is 1. The van der Waals surface area contributed by atoms with Crippen molar-refractivity contribution in [2.75, 3.05) is 0 Å². The molecule has 0 unspecified atom stereocenters. The van der Waals surface area contributed by atoms with Crippen molar-refractivity contribution in [1.82, 2.24) is 24.3 Å². The van der Waals surface area contributed by atoms with Gasteiger partial charge in [0, 0.05) is 30.0 Å². The average Bonchev–Trinajstić information content (AvgIpc) is 3.24. The van der Waals surface area contributed by atoms with Crippen LogP contribution in [0.1, 0.15) is 5.69 Å². The van der Waals surface area contributed by atoms with Crippen LogP contribution < -0.4 is 4.74 Å². The molecule has 0 spiro atoms. The molecule has 3 heterocycles. The molecule has 8 heteroatoms. The lowest BCUT2D eigenvalue weighted by molar-refractivity contribution is 0.197. The molecule has 0 saturated heterocycles. The molecule has 0 amide bonds. The molecule has 0 aliphatic rings. The van der Waals surface area contributed by atoms with Gasteiger partial charge in [0.15, 0.2) is 0 Å². The van der Waals surface area contributed by atoms with Gasteiger partial charge < -0.3 is 9.84 Å². The van der Waals surface area contributed by atoms with Crippen LogP contribution in [-0.4, -0.2) is 35.5 Å². The van der Waals surface area contributed by atoms with E-state index in [1.807, 2.05) is 12.3 Å². The molecule has 1 N–H and O–H groups in total. The van der Waals surface area contributed by atoms with E-state index in [0.717, 1.165) is 15.6 Å². The van der Waals surface area contributed by atoms with E-state index in [4.69, 9.17) is 9.84 Å². The topological polar surface area (TPSA) is 95.1 Å². The second kappa shape index (κ2) is 6.08. The Morgan fingerprint density at radius 1 is 1.16 bits per heavy atom. The Morgan fingerprint density at radius 2 is 2.08 bits per heavy atom. The highest BCUT2D eigenvalue weighted by molar-refractivity contribution is 5.89. The Morgan fingerprint density at radius 3 is 2.88 bits per heavy atom. The van der Waals surface area contributed by atoms with Crippen LogP contribution in [0, 0.1) is 0 Å². The summed E-state index contributed by atoms with van der Waals surface area (Å²) in [5, 5.41) is 14.0. The van der Waals surface area contributed by atoms with Gasteiger partial charge in [-0.15, -0.1) is 0 Å². The van der Waals surface area contributed by atoms with E-state index in [-0.39, 0.29) is 0 Å². The molecule has 0 atom stereocenters. The molecular weight excluding hydrogens is 322 g/mol. The molecule has 0 aliphatic carbocycles. The molecule has 4 rings (SSSR count). The monoisotopic (exact) mass is 335 g/mol. The third-order valence-electron chi connectivity index (χ3n) is 3.67. The highest BCUT2D eigenvalue weighted by atomic mass is 16.5. The van der Waals surface area contributed by atoms with Gasteiger partial charge in [-0.2, -0.15) is 5.10 Å². The first-order valence-corrected chi connectivity index (χ1v) is 7.50. The molecule has 0 bridgehead atoms. The summed E-state index contributed by atoms with van der Waals surface area (Å²) in [7, 11) is 0. The van der Waals surface area contributed by atoms with E-state index < -0.39 is 6.09 Å². The summed E-state index contributed by atoms with van der Waals surface area (Å²) < 4.78 is 8.69. The Hall–Kier alpha value is -3.68. The maximum atomic E-state index is 11.1. The summed E-state index contributed by atoms with van der Waals surface area (Å²) in [5.41, 5.74) is 1.37. The van der Waals surface area contributed by atoms with Crippen LogP contribution in [0.2, 0.25) is 0 Å². The van der Waals surface area contributed by atoms with Crippen LogP contribution in [0.5, 0.6) is 11.6 Å². The molecule has 0 saturated carbocycles. The van der Waals surface area contributed by atoms with Gasteiger partial charge in [-0.05, 0) is 30.3 Å². The van der Waals surface area contributed by atoms with E-state index in [1.54, 1.807) is 41.2 Å².